The molecule has 2 aliphatic rings. The molecule has 0 bridgehead atoms. The Labute approximate surface area is 170 Å². The number of amides is 2. The number of nitrogens with zero attached hydrogens (tertiary/aromatic N) is 2. The van der Waals surface area contributed by atoms with Crippen LogP contribution in [-0.2, 0) is 6.54 Å². The van der Waals surface area contributed by atoms with Gasteiger partial charge in [0.25, 0.3) is 0 Å². The van der Waals surface area contributed by atoms with Gasteiger partial charge in [0.05, 0.1) is 0 Å². The molecule has 1 aromatic carbocycles. The maximum absolute atomic E-state index is 12.4. The highest BCUT2D eigenvalue weighted by atomic mass is 79.9. The standard InChI is InChI=1S/C18H20Br2ClN3O/c19-16-5-4-13(10-17(16)20)12-23-6-8-24(9-7-23)18(25)22-15-3-1-2-14(21)11-15/h2,4-5,10-11H,1,3,6-9,12H2,(H,22,25). The van der Waals surface area contributed by atoms with Crippen LogP contribution in [0.3, 0.4) is 0 Å². The molecule has 1 saturated heterocycles. The Morgan fingerprint density at radius 1 is 1.16 bits per heavy atom. The summed E-state index contributed by atoms with van der Waals surface area (Å²) in [6.45, 7) is 4.12. The SMILES string of the molecule is O=C(NC1=CC(Cl)=CCC1)N1CCN(Cc2ccc(Br)c(Br)c2)CC1. The zero-order valence-corrected chi connectivity index (χ0v) is 17.7. The summed E-state index contributed by atoms with van der Waals surface area (Å²) in [6, 6.07) is 6.29. The molecule has 3 rings (SSSR count). The minimum atomic E-state index is -0.0244. The second-order valence-electron chi connectivity index (χ2n) is 6.24. The van der Waals surface area contributed by atoms with Crippen molar-refractivity contribution in [2.24, 2.45) is 0 Å². The highest BCUT2D eigenvalue weighted by molar-refractivity contribution is 9.13. The van der Waals surface area contributed by atoms with Crippen LogP contribution in [0, 0.1) is 0 Å². The third kappa shape index (κ3) is 5.33. The Bertz CT molecular complexity index is 712. The van der Waals surface area contributed by atoms with Gasteiger partial charge >= 0.3 is 6.03 Å². The number of carbonyl (C=O) groups excluding carboxylic acids is 1. The number of carbonyl (C=O) groups is 1. The number of urea groups is 1. The van der Waals surface area contributed by atoms with E-state index in [0.717, 1.165) is 60.2 Å². The number of piperazine rings is 1. The smallest absolute Gasteiger partial charge is 0.321 e. The van der Waals surface area contributed by atoms with Crippen LogP contribution in [0.2, 0.25) is 0 Å². The molecule has 4 nitrogen and oxygen atoms in total. The predicted molar refractivity (Wildman–Crippen MR) is 108 cm³/mol. The van der Waals surface area contributed by atoms with Crippen molar-refractivity contribution < 1.29 is 4.79 Å². The zero-order valence-electron chi connectivity index (χ0n) is 13.8. The number of benzene rings is 1. The molecule has 1 aliphatic carbocycles. The van der Waals surface area contributed by atoms with E-state index in [2.05, 4.69) is 60.3 Å². The Kier molecular flexibility index (Phi) is 6.61. The number of halogens is 3. The van der Waals surface area contributed by atoms with E-state index >= 15 is 0 Å². The number of rotatable bonds is 3. The van der Waals surface area contributed by atoms with Crippen LogP contribution < -0.4 is 5.32 Å². The molecule has 0 aromatic heterocycles. The molecule has 0 radical (unpaired) electrons. The van der Waals surface area contributed by atoms with Gasteiger partial charge in [0.1, 0.15) is 0 Å². The minimum Gasteiger partial charge on any atom is -0.322 e. The lowest BCUT2D eigenvalue weighted by Gasteiger charge is -2.35. The number of nitrogens with one attached hydrogen (secondary N) is 1. The van der Waals surface area contributed by atoms with E-state index in [0.29, 0.717) is 5.03 Å². The van der Waals surface area contributed by atoms with Crippen molar-refractivity contribution >= 4 is 49.5 Å². The molecule has 0 atom stereocenters. The van der Waals surface area contributed by atoms with Crippen LogP contribution in [0.15, 0.2) is 50.0 Å². The van der Waals surface area contributed by atoms with Crippen LogP contribution >= 0.6 is 43.5 Å². The van der Waals surface area contributed by atoms with Gasteiger partial charge < -0.3 is 10.2 Å². The summed E-state index contributed by atoms with van der Waals surface area (Å²) < 4.78 is 2.13. The van der Waals surface area contributed by atoms with E-state index < -0.39 is 0 Å². The van der Waals surface area contributed by atoms with E-state index in [1.165, 1.54) is 5.56 Å². The van der Waals surface area contributed by atoms with Crippen molar-refractivity contribution in [2.45, 2.75) is 19.4 Å². The molecule has 1 fully saturated rings. The number of hydrogen-bond acceptors (Lipinski definition) is 2. The summed E-state index contributed by atoms with van der Waals surface area (Å²) in [6.07, 6.45) is 5.52. The maximum Gasteiger partial charge on any atom is 0.321 e. The molecular weight excluding hydrogens is 469 g/mol. The zero-order chi connectivity index (χ0) is 17.8. The monoisotopic (exact) mass is 487 g/mol. The normalized spacial score (nSPS) is 18.6. The van der Waals surface area contributed by atoms with Crippen molar-refractivity contribution in [3.8, 4) is 0 Å². The Hall–Kier alpha value is -0.820. The molecule has 0 unspecified atom stereocenters. The van der Waals surface area contributed by atoms with Gasteiger partial charge in [-0.25, -0.2) is 4.79 Å². The summed E-state index contributed by atoms with van der Waals surface area (Å²) in [5, 5.41) is 3.69. The highest BCUT2D eigenvalue weighted by Gasteiger charge is 2.22. The van der Waals surface area contributed by atoms with Crippen molar-refractivity contribution in [3.63, 3.8) is 0 Å². The van der Waals surface area contributed by atoms with Crippen LogP contribution in [-0.4, -0.2) is 42.0 Å². The first-order valence-corrected chi connectivity index (χ1v) is 10.3. The van der Waals surface area contributed by atoms with E-state index in [1.54, 1.807) is 0 Å². The molecular formula is C18H20Br2ClN3O. The summed E-state index contributed by atoms with van der Waals surface area (Å²) in [5.74, 6) is 0. The maximum atomic E-state index is 12.4. The molecule has 134 valence electrons. The van der Waals surface area contributed by atoms with Gasteiger partial charge in [-0.2, -0.15) is 0 Å². The van der Waals surface area contributed by atoms with Gasteiger partial charge in [-0.1, -0.05) is 23.7 Å². The Morgan fingerprint density at radius 2 is 1.92 bits per heavy atom. The fourth-order valence-electron chi connectivity index (χ4n) is 2.98. The molecule has 25 heavy (non-hydrogen) atoms. The molecule has 0 spiro atoms. The topological polar surface area (TPSA) is 35.6 Å². The average molecular weight is 490 g/mol. The highest BCUT2D eigenvalue weighted by Crippen LogP contribution is 2.24. The van der Waals surface area contributed by atoms with Gasteiger partial charge in [0.15, 0.2) is 0 Å². The molecule has 1 heterocycles. The lowest BCUT2D eigenvalue weighted by atomic mass is 10.1. The third-order valence-electron chi connectivity index (χ3n) is 4.38. The third-order valence-corrected chi connectivity index (χ3v) is 6.53. The number of allylic oxidation sites excluding steroid dienone is 4. The quantitative estimate of drug-likeness (QED) is 0.660. The lowest BCUT2D eigenvalue weighted by Crippen LogP contribution is -2.51. The minimum absolute atomic E-state index is 0.0244. The first-order valence-electron chi connectivity index (χ1n) is 8.30. The molecule has 0 saturated carbocycles. The van der Waals surface area contributed by atoms with Gasteiger partial charge in [0, 0.05) is 52.4 Å². The van der Waals surface area contributed by atoms with Crippen LogP contribution in [0.5, 0.6) is 0 Å². The first kappa shape index (κ1) is 19.0. The summed E-state index contributed by atoms with van der Waals surface area (Å²) >= 11 is 13.0. The molecule has 1 aliphatic heterocycles. The first-order chi connectivity index (χ1) is 12.0. The van der Waals surface area contributed by atoms with Gasteiger partial charge in [-0.3, -0.25) is 4.90 Å². The summed E-state index contributed by atoms with van der Waals surface area (Å²) in [5.41, 5.74) is 2.17. The molecule has 1 N–H and O–H groups in total. The second kappa shape index (κ2) is 8.71. The summed E-state index contributed by atoms with van der Waals surface area (Å²) in [4.78, 5) is 16.7. The molecule has 7 heteroatoms. The van der Waals surface area contributed by atoms with Crippen LogP contribution in [0.4, 0.5) is 4.79 Å². The van der Waals surface area contributed by atoms with E-state index in [4.69, 9.17) is 11.6 Å². The lowest BCUT2D eigenvalue weighted by molar-refractivity contribution is 0.136. The second-order valence-corrected chi connectivity index (χ2v) is 8.38. The van der Waals surface area contributed by atoms with E-state index in [1.807, 2.05) is 17.1 Å². The summed E-state index contributed by atoms with van der Waals surface area (Å²) in [7, 11) is 0. The van der Waals surface area contributed by atoms with Crippen molar-refractivity contribution in [3.05, 3.63) is 55.6 Å². The van der Waals surface area contributed by atoms with Crippen molar-refractivity contribution in [1.82, 2.24) is 15.1 Å². The Balaban J connectivity index is 1.49. The average Bonchev–Trinajstić information content (AvgIpc) is 2.59. The molecule has 2 amide bonds. The van der Waals surface area contributed by atoms with Crippen LogP contribution in [0.1, 0.15) is 18.4 Å². The largest absolute Gasteiger partial charge is 0.322 e. The van der Waals surface area contributed by atoms with Gasteiger partial charge in [-0.05, 0) is 68.5 Å². The van der Waals surface area contributed by atoms with Crippen molar-refractivity contribution in [2.75, 3.05) is 26.2 Å². The van der Waals surface area contributed by atoms with E-state index in [-0.39, 0.29) is 6.03 Å². The fraction of sp³-hybridized carbons (Fsp3) is 0.389. The van der Waals surface area contributed by atoms with Gasteiger partial charge in [-0.15, -0.1) is 0 Å². The Morgan fingerprint density at radius 3 is 2.60 bits per heavy atom. The fourth-order valence-corrected chi connectivity index (χ4v) is 3.90. The van der Waals surface area contributed by atoms with Crippen LogP contribution in [0.25, 0.3) is 0 Å². The molecule has 1 aromatic rings. The number of hydrogen-bond donors (Lipinski definition) is 1. The van der Waals surface area contributed by atoms with Crippen molar-refractivity contribution in [1.29, 1.82) is 0 Å². The van der Waals surface area contributed by atoms with Gasteiger partial charge in [0.2, 0.25) is 0 Å². The van der Waals surface area contributed by atoms with E-state index in [9.17, 15) is 4.79 Å². The predicted octanol–water partition coefficient (Wildman–Crippen LogP) is 4.84.